The highest BCUT2D eigenvalue weighted by Crippen LogP contribution is 2.30. The van der Waals surface area contributed by atoms with E-state index in [0.717, 1.165) is 24.2 Å². The van der Waals surface area contributed by atoms with Gasteiger partial charge in [0.1, 0.15) is 5.75 Å². The number of methoxy groups -OCH3 is 1. The van der Waals surface area contributed by atoms with Crippen molar-refractivity contribution < 1.29 is 9.53 Å². The Labute approximate surface area is 114 Å². The van der Waals surface area contributed by atoms with Gasteiger partial charge in [0, 0.05) is 12.6 Å². The Morgan fingerprint density at radius 1 is 1.37 bits per heavy atom. The van der Waals surface area contributed by atoms with Gasteiger partial charge in [0.15, 0.2) is 0 Å². The summed E-state index contributed by atoms with van der Waals surface area (Å²) in [7, 11) is 1.64. The Balaban J connectivity index is 2.10. The summed E-state index contributed by atoms with van der Waals surface area (Å²) < 4.78 is 5.14. The number of hydrogen-bond acceptors (Lipinski definition) is 3. The molecule has 0 aromatic heterocycles. The summed E-state index contributed by atoms with van der Waals surface area (Å²) >= 11 is 0. The summed E-state index contributed by atoms with van der Waals surface area (Å²) in [4.78, 5) is 14.3. The highest BCUT2D eigenvalue weighted by atomic mass is 16.5. The fourth-order valence-corrected chi connectivity index (χ4v) is 2.05. The lowest BCUT2D eigenvalue weighted by atomic mass is 10.0. The van der Waals surface area contributed by atoms with Crippen LogP contribution in [-0.4, -0.2) is 29.5 Å². The van der Waals surface area contributed by atoms with Crippen molar-refractivity contribution in [3.63, 3.8) is 0 Å². The molecule has 2 rings (SSSR count). The Bertz CT molecular complexity index is 444. The van der Waals surface area contributed by atoms with Crippen LogP contribution in [-0.2, 0) is 11.3 Å². The zero-order valence-corrected chi connectivity index (χ0v) is 11.8. The second-order valence-electron chi connectivity index (χ2n) is 5.73. The monoisotopic (exact) mass is 262 g/mol. The van der Waals surface area contributed by atoms with Crippen LogP contribution in [0.3, 0.4) is 0 Å². The second-order valence-corrected chi connectivity index (χ2v) is 5.73. The standard InChI is InChI=1S/C15H22N2O2/c1-15(2,16)14(18)17(12-6-7-12)10-11-4-8-13(19-3)9-5-11/h4-5,8-9,12H,6-7,10,16H2,1-3H3. The molecule has 4 nitrogen and oxygen atoms in total. The zero-order chi connectivity index (χ0) is 14.0. The average molecular weight is 262 g/mol. The second kappa shape index (κ2) is 5.21. The molecule has 19 heavy (non-hydrogen) atoms. The van der Waals surface area contributed by atoms with Gasteiger partial charge in [-0.1, -0.05) is 12.1 Å². The molecule has 1 aliphatic rings. The Morgan fingerprint density at radius 3 is 2.37 bits per heavy atom. The molecule has 1 fully saturated rings. The lowest BCUT2D eigenvalue weighted by Gasteiger charge is -2.29. The van der Waals surface area contributed by atoms with Gasteiger partial charge >= 0.3 is 0 Å². The molecule has 0 bridgehead atoms. The van der Waals surface area contributed by atoms with Gasteiger partial charge in [-0.15, -0.1) is 0 Å². The molecule has 0 saturated heterocycles. The number of amides is 1. The number of ether oxygens (including phenoxy) is 1. The number of carbonyl (C=O) groups excluding carboxylic acids is 1. The SMILES string of the molecule is COc1ccc(CN(C(=O)C(C)(C)N)C2CC2)cc1. The summed E-state index contributed by atoms with van der Waals surface area (Å²) in [6.45, 7) is 4.14. The fraction of sp³-hybridized carbons (Fsp3) is 0.533. The third-order valence-corrected chi connectivity index (χ3v) is 3.31. The van der Waals surface area contributed by atoms with Gasteiger partial charge in [0.25, 0.3) is 0 Å². The lowest BCUT2D eigenvalue weighted by molar-refractivity contribution is -0.137. The number of rotatable bonds is 5. The first-order chi connectivity index (χ1) is 8.91. The van der Waals surface area contributed by atoms with E-state index >= 15 is 0 Å². The number of hydrogen-bond donors (Lipinski definition) is 1. The Hall–Kier alpha value is -1.55. The summed E-state index contributed by atoms with van der Waals surface area (Å²) in [5, 5.41) is 0. The van der Waals surface area contributed by atoms with E-state index < -0.39 is 5.54 Å². The van der Waals surface area contributed by atoms with Crippen molar-refractivity contribution in [1.82, 2.24) is 4.90 Å². The number of nitrogens with zero attached hydrogens (tertiary/aromatic N) is 1. The highest BCUT2D eigenvalue weighted by molar-refractivity contribution is 5.85. The first-order valence-corrected chi connectivity index (χ1v) is 6.64. The van der Waals surface area contributed by atoms with Crippen molar-refractivity contribution in [2.24, 2.45) is 5.73 Å². The molecule has 1 saturated carbocycles. The van der Waals surface area contributed by atoms with Crippen LogP contribution < -0.4 is 10.5 Å². The predicted octanol–water partition coefficient (Wildman–Crippen LogP) is 1.92. The molecular formula is C15H22N2O2. The summed E-state index contributed by atoms with van der Waals surface area (Å²) in [6.07, 6.45) is 2.16. The molecule has 1 aromatic carbocycles. The third kappa shape index (κ3) is 3.47. The molecule has 1 amide bonds. The van der Waals surface area contributed by atoms with E-state index in [1.807, 2.05) is 29.2 Å². The van der Waals surface area contributed by atoms with Crippen LogP contribution in [0.15, 0.2) is 24.3 Å². The maximum absolute atomic E-state index is 12.3. The topological polar surface area (TPSA) is 55.6 Å². The van der Waals surface area contributed by atoms with Crippen LogP contribution in [0.25, 0.3) is 0 Å². The van der Waals surface area contributed by atoms with Gasteiger partial charge in [-0.2, -0.15) is 0 Å². The van der Waals surface area contributed by atoms with Crippen molar-refractivity contribution in [2.75, 3.05) is 7.11 Å². The molecular weight excluding hydrogens is 240 g/mol. The normalized spacial score (nSPS) is 15.2. The quantitative estimate of drug-likeness (QED) is 0.882. The Kier molecular flexibility index (Phi) is 3.80. The Morgan fingerprint density at radius 2 is 1.95 bits per heavy atom. The summed E-state index contributed by atoms with van der Waals surface area (Å²) in [5.41, 5.74) is 6.23. The molecule has 0 unspecified atom stereocenters. The molecule has 0 spiro atoms. The largest absolute Gasteiger partial charge is 0.497 e. The zero-order valence-electron chi connectivity index (χ0n) is 11.8. The predicted molar refractivity (Wildman–Crippen MR) is 74.8 cm³/mol. The fourth-order valence-electron chi connectivity index (χ4n) is 2.05. The van der Waals surface area contributed by atoms with Crippen LogP contribution in [0.2, 0.25) is 0 Å². The maximum Gasteiger partial charge on any atom is 0.242 e. The summed E-state index contributed by atoms with van der Waals surface area (Å²) in [5.74, 6) is 0.845. The van der Waals surface area contributed by atoms with E-state index in [-0.39, 0.29) is 5.91 Å². The van der Waals surface area contributed by atoms with Gasteiger partial charge in [-0.05, 0) is 44.4 Å². The van der Waals surface area contributed by atoms with E-state index in [9.17, 15) is 4.79 Å². The minimum atomic E-state index is -0.810. The molecule has 0 radical (unpaired) electrons. The van der Waals surface area contributed by atoms with Crippen LogP contribution in [0, 0.1) is 0 Å². The van der Waals surface area contributed by atoms with Gasteiger partial charge in [-0.25, -0.2) is 0 Å². The maximum atomic E-state index is 12.3. The van der Waals surface area contributed by atoms with Gasteiger partial charge < -0.3 is 15.4 Å². The molecule has 0 aliphatic heterocycles. The smallest absolute Gasteiger partial charge is 0.242 e. The van der Waals surface area contributed by atoms with Gasteiger partial charge in [0.05, 0.1) is 12.6 Å². The third-order valence-electron chi connectivity index (χ3n) is 3.31. The van der Waals surface area contributed by atoms with E-state index in [1.165, 1.54) is 0 Å². The van der Waals surface area contributed by atoms with Crippen molar-refractivity contribution in [2.45, 2.75) is 44.8 Å². The molecule has 4 heteroatoms. The van der Waals surface area contributed by atoms with Crippen LogP contribution in [0.4, 0.5) is 0 Å². The number of nitrogens with two attached hydrogens (primary N) is 1. The van der Waals surface area contributed by atoms with Crippen LogP contribution >= 0.6 is 0 Å². The van der Waals surface area contributed by atoms with E-state index in [4.69, 9.17) is 10.5 Å². The first-order valence-electron chi connectivity index (χ1n) is 6.64. The molecule has 0 heterocycles. The van der Waals surface area contributed by atoms with Crippen molar-refractivity contribution >= 4 is 5.91 Å². The van der Waals surface area contributed by atoms with Crippen LogP contribution in [0.1, 0.15) is 32.3 Å². The molecule has 2 N–H and O–H groups in total. The molecule has 1 aliphatic carbocycles. The van der Waals surface area contributed by atoms with Crippen molar-refractivity contribution in [1.29, 1.82) is 0 Å². The van der Waals surface area contributed by atoms with Crippen LogP contribution in [0.5, 0.6) is 5.75 Å². The van der Waals surface area contributed by atoms with E-state index in [2.05, 4.69) is 0 Å². The first kappa shape index (κ1) is 13.9. The van der Waals surface area contributed by atoms with E-state index in [1.54, 1.807) is 21.0 Å². The minimum absolute atomic E-state index is 0.0193. The molecule has 104 valence electrons. The lowest BCUT2D eigenvalue weighted by Crippen LogP contribution is -2.51. The van der Waals surface area contributed by atoms with Crippen molar-refractivity contribution in [3.05, 3.63) is 29.8 Å². The number of benzene rings is 1. The molecule has 0 atom stereocenters. The molecule has 1 aromatic rings. The highest BCUT2D eigenvalue weighted by Gasteiger charge is 2.37. The number of carbonyl (C=O) groups is 1. The average Bonchev–Trinajstić information content (AvgIpc) is 3.19. The summed E-state index contributed by atoms with van der Waals surface area (Å²) in [6, 6.07) is 8.17. The van der Waals surface area contributed by atoms with E-state index in [0.29, 0.717) is 12.6 Å². The minimum Gasteiger partial charge on any atom is -0.497 e. The van der Waals surface area contributed by atoms with Gasteiger partial charge in [-0.3, -0.25) is 4.79 Å². The van der Waals surface area contributed by atoms with Gasteiger partial charge in [0.2, 0.25) is 5.91 Å². The van der Waals surface area contributed by atoms with Crippen molar-refractivity contribution in [3.8, 4) is 5.75 Å².